The molecule has 6 N–H and O–H groups in total. The Hall–Kier alpha value is -0.960. The van der Waals surface area contributed by atoms with E-state index in [1.165, 1.54) is 0 Å². The highest BCUT2D eigenvalue weighted by Crippen LogP contribution is 1.93. The first-order valence-electron chi connectivity index (χ1n) is 2.86. The SMILES string of the molecule is NC(CO)(CO)CO.O=[N+]([O-])O. The maximum Gasteiger partial charge on any atom is 0.291 e. The van der Waals surface area contributed by atoms with Crippen molar-refractivity contribution in [2.45, 2.75) is 5.54 Å². The van der Waals surface area contributed by atoms with Crippen LogP contribution in [0.4, 0.5) is 0 Å². The number of aliphatic hydroxyl groups is 3. The Labute approximate surface area is 68.0 Å². The minimum atomic E-state index is -1.50. The largest absolute Gasteiger partial charge is 0.394 e. The van der Waals surface area contributed by atoms with Gasteiger partial charge in [0.05, 0.1) is 25.4 Å². The molecule has 12 heavy (non-hydrogen) atoms. The van der Waals surface area contributed by atoms with Crippen molar-refractivity contribution in [2.75, 3.05) is 19.8 Å². The van der Waals surface area contributed by atoms with E-state index in [9.17, 15) is 0 Å². The maximum absolute atomic E-state index is 8.36. The Morgan fingerprint density at radius 2 is 1.42 bits per heavy atom. The molecule has 0 aromatic rings. The normalized spacial score (nSPS) is 10.0. The summed E-state index contributed by atoms with van der Waals surface area (Å²) in [6.07, 6.45) is 0. The number of aliphatic hydroxyl groups excluding tert-OH is 3. The lowest BCUT2D eigenvalue weighted by Crippen LogP contribution is -2.50. The van der Waals surface area contributed by atoms with E-state index in [-0.39, 0.29) is 0 Å². The van der Waals surface area contributed by atoms with Gasteiger partial charge >= 0.3 is 0 Å². The van der Waals surface area contributed by atoms with Crippen LogP contribution in [0.15, 0.2) is 0 Å². The van der Waals surface area contributed by atoms with E-state index in [4.69, 9.17) is 36.4 Å². The zero-order chi connectivity index (χ0) is 10.2. The van der Waals surface area contributed by atoms with Gasteiger partial charge in [-0.15, -0.1) is 10.1 Å². The monoisotopic (exact) mass is 184 g/mol. The second kappa shape index (κ2) is 6.73. The molecule has 0 bridgehead atoms. The lowest BCUT2D eigenvalue weighted by Gasteiger charge is -2.20. The predicted octanol–water partition coefficient (Wildman–Crippen LogP) is -2.69. The second-order valence-corrected chi connectivity index (χ2v) is 2.07. The Kier molecular flexibility index (Phi) is 7.64. The smallest absolute Gasteiger partial charge is 0.291 e. The van der Waals surface area contributed by atoms with E-state index in [2.05, 4.69) is 0 Å². The van der Waals surface area contributed by atoms with Gasteiger partial charge in [0.25, 0.3) is 5.09 Å². The van der Waals surface area contributed by atoms with Crippen LogP contribution in [0.1, 0.15) is 0 Å². The van der Waals surface area contributed by atoms with Crippen molar-refractivity contribution in [3.05, 3.63) is 10.1 Å². The fourth-order valence-corrected chi connectivity index (χ4v) is 0.150. The van der Waals surface area contributed by atoms with Gasteiger partial charge in [-0.25, -0.2) is 0 Å². The summed E-state index contributed by atoms with van der Waals surface area (Å²) < 4.78 is 0. The lowest BCUT2D eigenvalue weighted by molar-refractivity contribution is -0.742. The third-order valence-electron chi connectivity index (χ3n) is 0.945. The average molecular weight is 184 g/mol. The van der Waals surface area contributed by atoms with Crippen LogP contribution in [0.3, 0.4) is 0 Å². The zero-order valence-corrected chi connectivity index (χ0v) is 6.25. The molecule has 0 aliphatic rings. The third-order valence-corrected chi connectivity index (χ3v) is 0.945. The number of nitrogens with two attached hydrogens (primary N) is 1. The van der Waals surface area contributed by atoms with E-state index in [1.54, 1.807) is 0 Å². The average Bonchev–Trinajstić information content (AvgIpc) is 2.02. The molecule has 0 aromatic carbocycles. The molecular formula is C4H12N2O6. The molecule has 8 nitrogen and oxygen atoms in total. The zero-order valence-electron chi connectivity index (χ0n) is 6.25. The molecule has 0 saturated heterocycles. The fourth-order valence-electron chi connectivity index (χ4n) is 0.150. The van der Waals surface area contributed by atoms with Crippen LogP contribution >= 0.6 is 0 Å². The van der Waals surface area contributed by atoms with Gasteiger partial charge < -0.3 is 26.3 Å². The molecule has 0 amide bonds. The summed E-state index contributed by atoms with van der Waals surface area (Å²) in [7, 11) is 0. The Bertz CT molecular complexity index is 112. The van der Waals surface area contributed by atoms with Gasteiger partial charge in [0.2, 0.25) is 0 Å². The Balaban J connectivity index is 0. The molecule has 0 spiro atoms. The van der Waals surface area contributed by atoms with E-state index in [0.717, 1.165) is 0 Å². The number of nitrogens with zero attached hydrogens (tertiary/aromatic N) is 1. The fraction of sp³-hybridized carbons (Fsp3) is 1.00. The summed E-state index contributed by atoms with van der Waals surface area (Å²) in [5.74, 6) is 0. The quantitative estimate of drug-likeness (QED) is 0.236. The van der Waals surface area contributed by atoms with Crippen LogP contribution in [0.2, 0.25) is 0 Å². The number of rotatable bonds is 3. The van der Waals surface area contributed by atoms with Gasteiger partial charge in [0, 0.05) is 0 Å². The first kappa shape index (κ1) is 13.6. The molecule has 0 rings (SSSR count). The molecule has 0 radical (unpaired) electrons. The molecule has 0 heterocycles. The second-order valence-electron chi connectivity index (χ2n) is 2.07. The molecule has 74 valence electrons. The van der Waals surface area contributed by atoms with Crippen molar-refractivity contribution in [1.29, 1.82) is 0 Å². The number of hydrogen-bond donors (Lipinski definition) is 5. The minimum absolute atomic E-state index is 0.403. The minimum Gasteiger partial charge on any atom is -0.394 e. The summed E-state index contributed by atoms with van der Waals surface area (Å²) in [4.78, 5) is 8.36. The Morgan fingerprint density at radius 3 is 1.42 bits per heavy atom. The van der Waals surface area contributed by atoms with Crippen molar-refractivity contribution in [1.82, 2.24) is 0 Å². The highest BCUT2D eigenvalue weighted by Gasteiger charge is 2.20. The maximum atomic E-state index is 8.36. The highest BCUT2D eigenvalue weighted by atomic mass is 16.9. The van der Waals surface area contributed by atoms with E-state index < -0.39 is 30.4 Å². The molecule has 0 saturated carbocycles. The third kappa shape index (κ3) is 9.04. The van der Waals surface area contributed by atoms with Gasteiger partial charge in [0.15, 0.2) is 0 Å². The summed E-state index contributed by atoms with van der Waals surface area (Å²) in [5, 5.41) is 38.7. The molecule has 0 fully saturated rings. The lowest BCUT2D eigenvalue weighted by atomic mass is 10.1. The van der Waals surface area contributed by atoms with Crippen LogP contribution in [0.5, 0.6) is 0 Å². The molecule has 0 aromatic heterocycles. The van der Waals surface area contributed by atoms with Gasteiger partial charge in [-0.2, -0.15) is 0 Å². The van der Waals surface area contributed by atoms with Gasteiger partial charge in [-0.3, -0.25) is 0 Å². The summed E-state index contributed by atoms with van der Waals surface area (Å²) in [6.45, 7) is -1.21. The van der Waals surface area contributed by atoms with Crippen molar-refractivity contribution in [3.63, 3.8) is 0 Å². The topological polar surface area (TPSA) is 150 Å². The molecule has 8 heteroatoms. The first-order valence-corrected chi connectivity index (χ1v) is 2.86. The Morgan fingerprint density at radius 1 is 1.25 bits per heavy atom. The van der Waals surface area contributed by atoms with Gasteiger partial charge in [0.1, 0.15) is 0 Å². The van der Waals surface area contributed by atoms with E-state index in [1.807, 2.05) is 0 Å². The van der Waals surface area contributed by atoms with Crippen LogP contribution in [0, 0.1) is 10.1 Å². The molecular weight excluding hydrogens is 172 g/mol. The van der Waals surface area contributed by atoms with E-state index >= 15 is 0 Å². The molecule has 0 aliphatic heterocycles. The summed E-state index contributed by atoms with van der Waals surface area (Å²) in [6, 6.07) is 0. The summed E-state index contributed by atoms with van der Waals surface area (Å²) >= 11 is 0. The van der Waals surface area contributed by atoms with Crippen LogP contribution in [-0.2, 0) is 0 Å². The van der Waals surface area contributed by atoms with Crippen LogP contribution < -0.4 is 5.73 Å². The first-order chi connectivity index (χ1) is 5.41. The van der Waals surface area contributed by atoms with Gasteiger partial charge in [-0.1, -0.05) is 0 Å². The predicted molar refractivity (Wildman–Crippen MR) is 37.0 cm³/mol. The van der Waals surface area contributed by atoms with Crippen molar-refractivity contribution in [2.24, 2.45) is 5.73 Å². The highest BCUT2D eigenvalue weighted by molar-refractivity contribution is 4.80. The van der Waals surface area contributed by atoms with E-state index in [0.29, 0.717) is 0 Å². The van der Waals surface area contributed by atoms with Crippen LogP contribution in [-0.4, -0.2) is 51.0 Å². The summed E-state index contributed by atoms with van der Waals surface area (Å²) in [5.41, 5.74) is 3.94. The molecule has 0 unspecified atom stereocenters. The van der Waals surface area contributed by atoms with Gasteiger partial charge in [-0.05, 0) is 0 Å². The molecule has 0 aliphatic carbocycles. The molecule has 0 atom stereocenters. The van der Waals surface area contributed by atoms with Crippen molar-refractivity contribution < 1.29 is 25.6 Å². The standard InChI is InChI=1S/C4H11NO3.HNO3/c5-4(1-6,2-7)3-8;2-1(3)4/h6-8H,1-3,5H2;(H,2,3,4). The van der Waals surface area contributed by atoms with Crippen molar-refractivity contribution >= 4 is 0 Å². The number of hydrogen-bond acceptors (Lipinski definition) is 6. The van der Waals surface area contributed by atoms with Crippen molar-refractivity contribution in [3.8, 4) is 0 Å². The van der Waals surface area contributed by atoms with Crippen LogP contribution in [0.25, 0.3) is 0 Å².